The summed E-state index contributed by atoms with van der Waals surface area (Å²) in [5, 5.41) is 28.2. The third-order valence-corrected chi connectivity index (χ3v) is 2.72. The third kappa shape index (κ3) is 2.03. The maximum Gasteiger partial charge on any atom is 0.346 e. The summed E-state index contributed by atoms with van der Waals surface area (Å²) in [4.78, 5) is 16.6. The van der Waals surface area contributed by atoms with E-state index in [1.807, 2.05) is 0 Å². The molecule has 8 heteroatoms. The molecule has 8 nitrogen and oxygen atoms in total. The van der Waals surface area contributed by atoms with Crippen LogP contribution in [-0.4, -0.2) is 50.2 Å². The SMILES string of the molecule is Nc1[nH]c(=O)ncc1[C@H]1O[C@H](CO)[C@@H](O)[C@@H]1O. The molecule has 1 saturated heterocycles. The summed E-state index contributed by atoms with van der Waals surface area (Å²) in [5.41, 5.74) is 5.22. The molecule has 0 spiro atoms. The Morgan fingerprint density at radius 1 is 1.47 bits per heavy atom. The van der Waals surface area contributed by atoms with Crippen molar-refractivity contribution in [2.75, 3.05) is 12.3 Å². The zero-order valence-corrected chi connectivity index (χ0v) is 8.78. The summed E-state index contributed by atoms with van der Waals surface area (Å²) in [7, 11) is 0. The van der Waals surface area contributed by atoms with E-state index in [1.165, 1.54) is 6.20 Å². The van der Waals surface area contributed by atoms with Crippen LogP contribution in [0.2, 0.25) is 0 Å². The second-order valence-electron chi connectivity index (χ2n) is 3.82. The lowest BCUT2D eigenvalue weighted by atomic mass is 10.0. The Labute approximate surface area is 95.7 Å². The number of aliphatic hydroxyl groups excluding tert-OH is 3. The molecule has 0 aromatic carbocycles. The van der Waals surface area contributed by atoms with Crippen LogP contribution in [0.1, 0.15) is 11.7 Å². The zero-order valence-electron chi connectivity index (χ0n) is 8.78. The lowest BCUT2D eigenvalue weighted by Gasteiger charge is -2.15. The number of aromatic nitrogens is 2. The van der Waals surface area contributed by atoms with E-state index in [0.29, 0.717) is 0 Å². The predicted octanol–water partition coefficient (Wildman–Crippen LogP) is -2.49. The Hall–Kier alpha value is -1.48. The van der Waals surface area contributed by atoms with Crippen LogP contribution < -0.4 is 11.4 Å². The summed E-state index contributed by atoms with van der Waals surface area (Å²) in [5.74, 6) is 0.0137. The number of nitrogens with zero attached hydrogens (tertiary/aromatic N) is 1. The highest BCUT2D eigenvalue weighted by molar-refractivity contribution is 5.39. The summed E-state index contributed by atoms with van der Waals surface area (Å²) in [6, 6.07) is 0. The lowest BCUT2D eigenvalue weighted by molar-refractivity contribution is -0.0227. The number of hydrogen-bond acceptors (Lipinski definition) is 7. The number of nitrogens with one attached hydrogen (secondary N) is 1. The molecule has 1 aromatic heterocycles. The van der Waals surface area contributed by atoms with E-state index in [2.05, 4.69) is 9.97 Å². The molecule has 1 aliphatic rings. The van der Waals surface area contributed by atoms with Gasteiger partial charge in [-0.3, -0.25) is 4.98 Å². The average molecular weight is 243 g/mol. The number of H-pyrrole nitrogens is 1. The first-order chi connectivity index (χ1) is 8.04. The molecular weight excluding hydrogens is 230 g/mol. The third-order valence-electron chi connectivity index (χ3n) is 2.72. The van der Waals surface area contributed by atoms with Crippen LogP contribution in [0.5, 0.6) is 0 Å². The van der Waals surface area contributed by atoms with Crippen molar-refractivity contribution in [2.24, 2.45) is 0 Å². The molecule has 1 aromatic rings. The number of rotatable bonds is 2. The van der Waals surface area contributed by atoms with Gasteiger partial charge in [0.15, 0.2) is 0 Å². The van der Waals surface area contributed by atoms with Crippen molar-refractivity contribution in [2.45, 2.75) is 24.4 Å². The minimum atomic E-state index is -1.23. The van der Waals surface area contributed by atoms with Crippen molar-refractivity contribution in [1.29, 1.82) is 0 Å². The van der Waals surface area contributed by atoms with E-state index in [9.17, 15) is 15.0 Å². The van der Waals surface area contributed by atoms with Crippen molar-refractivity contribution in [3.63, 3.8) is 0 Å². The molecular formula is C9H13N3O5. The number of aliphatic hydroxyl groups is 3. The summed E-state index contributed by atoms with van der Waals surface area (Å²) in [6.07, 6.45) is -3.08. The van der Waals surface area contributed by atoms with E-state index in [-0.39, 0.29) is 11.4 Å². The van der Waals surface area contributed by atoms with Gasteiger partial charge in [0.25, 0.3) is 0 Å². The van der Waals surface area contributed by atoms with Gasteiger partial charge in [0.1, 0.15) is 30.2 Å². The van der Waals surface area contributed by atoms with Gasteiger partial charge in [-0.1, -0.05) is 0 Å². The topological polar surface area (TPSA) is 142 Å². The molecule has 0 radical (unpaired) electrons. The van der Waals surface area contributed by atoms with Crippen LogP contribution >= 0.6 is 0 Å². The maximum absolute atomic E-state index is 10.9. The lowest BCUT2D eigenvalue weighted by Crippen LogP contribution is -2.32. The smallest absolute Gasteiger partial charge is 0.346 e. The fraction of sp³-hybridized carbons (Fsp3) is 0.556. The molecule has 0 unspecified atom stereocenters. The highest BCUT2D eigenvalue weighted by atomic mass is 16.6. The second kappa shape index (κ2) is 4.41. The van der Waals surface area contributed by atoms with Gasteiger partial charge in [0, 0.05) is 11.8 Å². The first-order valence-electron chi connectivity index (χ1n) is 5.01. The van der Waals surface area contributed by atoms with Crippen LogP contribution in [0.15, 0.2) is 11.0 Å². The zero-order chi connectivity index (χ0) is 12.6. The van der Waals surface area contributed by atoms with E-state index in [4.69, 9.17) is 15.6 Å². The predicted molar refractivity (Wildman–Crippen MR) is 56.0 cm³/mol. The molecule has 4 atom stereocenters. The molecule has 0 aliphatic carbocycles. The fourth-order valence-electron chi connectivity index (χ4n) is 1.80. The summed E-state index contributed by atoms with van der Waals surface area (Å²) >= 11 is 0. The Kier molecular flexibility index (Phi) is 3.11. The normalized spacial score (nSPS) is 32.9. The molecule has 2 rings (SSSR count). The van der Waals surface area contributed by atoms with Gasteiger partial charge in [0.2, 0.25) is 0 Å². The van der Waals surface area contributed by atoms with Crippen molar-refractivity contribution < 1.29 is 20.1 Å². The van der Waals surface area contributed by atoms with Crippen LogP contribution in [0.4, 0.5) is 5.82 Å². The second-order valence-corrected chi connectivity index (χ2v) is 3.82. The van der Waals surface area contributed by atoms with Gasteiger partial charge >= 0.3 is 5.69 Å². The Morgan fingerprint density at radius 2 is 2.18 bits per heavy atom. The van der Waals surface area contributed by atoms with Crippen molar-refractivity contribution in [3.05, 3.63) is 22.2 Å². The van der Waals surface area contributed by atoms with Crippen LogP contribution in [0.25, 0.3) is 0 Å². The Balaban J connectivity index is 2.32. The highest BCUT2D eigenvalue weighted by Crippen LogP contribution is 2.34. The number of nitrogens with two attached hydrogens (primary N) is 1. The van der Waals surface area contributed by atoms with Gasteiger partial charge in [0.05, 0.1) is 6.61 Å². The van der Waals surface area contributed by atoms with E-state index >= 15 is 0 Å². The van der Waals surface area contributed by atoms with Gasteiger partial charge in [-0.2, -0.15) is 0 Å². The van der Waals surface area contributed by atoms with Crippen molar-refractivity contribution >= 4 is 5.82 Å². The van der Waals surface area contributed by atoms with Crippen molar-refractivity contribution in [1.82, 2.24) is 9.97 Å². The monoisotopic (exact) mass is 243 g/mol. The molecule has 17 heavy (non-hydrogen) atoms. The molecule has 1 fully saturated rings. The standard InChI is InChI=1S/C9H13N3O5/c10-8-3(1-11-9(16)12-8)7-6(15)5(14)4(2-13)17-7/h1,4-7,13-15H,2H2,(H3,10,11,12,16)/t4-,5-,6+,7-/m1/s1. The molecule has 0 amide bonds. The first-order valence-corrected chi connectivity index (χ1v) is 5.01. The number of aromatic amines is 1. The fourth-order valence-corrected chi connectivity index (χ4v) is 1.80. The molecule has 0 bridgehead atoms. The minimum absolute atomic E-state index is 0.0137. The van der Waals surface area contributed by atoms with Crippen molar-refractivity contribution in [3.8, 4) is 0 Å². The number of hydrogen-bond donors (Lipinski definition) is 5. The van der Waals surface area contributed by atoms with Gasteiger partial charge in [-0.15, -0.1) is 0 Å². The molecule has 6 N–H and O–H groups in total. The van der Waals surface area contributed by atoms with Crippen LogP contribution in [0.3, 0.4) is 0 Å². The number of nitrogen functional groups attached to an aromatic ring is 1. The number of anilines is 1. The summed E-state index contributed by atoms with van der Waals surface area (Å²) < 4.78 is 5.25. The molecule has 0 saturated carbocycles. The van der Waals surface area contributed by atoms with Gasteiger partial charge in [-0.05, 0) is 0 Å². The maximum atomic E-state index is 10.9. The van der Waals surface area contributed by atoms with E-state index < -0.39 is 36.7 Å². The molecule has 2 heterocycles. The number of ether oxygens (including phenoxy) is 1. The van der Waals surface area contributed by atoms with Gasteiger partial charge < -0.3 is 25.8 Å². The van der Waals surface area contributed by atoms with Gasteiger partial charge in [-0.25, -0.2) is 9.78 Å². The first kappa shape index (κ1) is 12.0. The van der Waals surface area contributed by atoms with Crippen LogP contribution in [0, 0.1) is 0 Å². The minimum Gasteiger partial charge on any atom is -0.394 e. The summed E-state index contributed by atoms with van der Waals surface area (Å²) in [6.45, 7) is -0.425. The van der Waals surface area contributed by atoms with E-state index in [0.717, 1.165) is 0 Å². The Morgan fingerprint density at radius 3 is 2.71 bits per heavy atom. The average Bonchev–Trinajstić information content (AvgIpc) is 2.57. The quantitative estimate of drug-likeness (QED) is 0.386. The molecule has 94 valence electrons. The highest BCUT2D eigenvalue weighted by Gasteiger charge is 2.43. The Bertz CT molecular complexity index is 462. The van der Waals surface area contributed by atoms with Crippen LogP contribution in [-0.2, 0) is 4.74 Å². The van der Waals surface area contributed by atoms with E-state index in [1.54, 1.807) is 0 Å². The molecule has 1 aliphatic heterocycles. The largest absolute Gasteiger partial charge is 0.394 e.